The second-order valence-corrected chi connectivity index (χ2v) is 8.00. The summed E-state index contributed by atoms with van der Waals surface area (Å²) in [4.78, 5) is 25.9. The summed E-state index contributed by atoms with van der Waals surface area (Å²) in [6.45, 7) is 6.80. The average Bonchev–Trinajstić information content (AvgIpc) is 2.85. The number of benzene rings is 2. The molecule has 0 unspecified atom stereocenters. The van der Waals surface area contributed by atoms with Crippen molar-refractivity contribution < 1.29 is 9.66 Å². The Morgan fingerprint density at radius 3 is 2.35 bits per heavy atom. The SMILES string of the molecule is CC(C)c1ccc(C=NNc2nc(Nc3ccc([N+](=O)[O-])cc3)nc(N3CCOCC3)n2)cc1. The second-order valence-electron chi connectivity index (χ2n) is 8.00. The van der Waals surface area contributed by atoms with Crippen molar-refractivity contribution in [1.82, 2.24) is 15.0 Å². The zero-order valence-corrected chi connectivity index (χ0v) is 19.0. The van der Waals surface area contributed by atoms with E-state index < -0.39 is 4.92 Å². The van der Waals surface area contributed by atoms with E-state index in [4.69, 9.17) is 4.74 Å². The monoisotopic (exact) mass is 462 g/mol. The quantitative estimate of drug-likeness (QED) is 0.290. The Balaban J connectivity index is 1.53. The molecule has 0 bridgehead atoms. The fourth-order valence-electron chi connectivity index (χ4n) is 3.30. The molecule has 11 nitrogen and oxygen atoms in total. The largest absolute Gasteiger partial charge is 0.378 e. The van der Waals surface area contributed by atoms with Crippen LogP contribution in [0.5, 0.6) is 0 Å². The first-order chi connectivity index (χ1) is 16.5. The molecule has 0 atom stereocenters. The minimum atomic E-state index is -0.445. The number of ether oxygens (including phenoxy) is 1. The van der Waals surface area contributed by atoms with Gasteiger partial charge in [-0.1, -0.05) is 38.1 Å². The minimum absolute atomic E-state index is 0.00771. The lowest BCUT2D eigenvalue weighted by atomic mass is 10.0. The fourth-order valence-corrected chi connectivity index (χ4v) is 3.30. The van der Waals surface area contributed by atoms with Gasteiger partial charge in [0.2, 0.25) is 17.8 Å². The number of nitro benzene ring substituents is 1. The first-order valence-corrected chi connectivity index (χ1v) is 11.0. The highest BCUT2D eigenvalue weighted by atomic mass is 16.6. The molecule has 2 aromatic carbocycles. The van der Waals surface area contributed by atoms with Gasteiger partial charge in [0, 0.05) is 30.9 Å². The van der Waals surface area contributed by atoms with Gasteiger partial charge in [0.05, 0.1) is 24.4 Å². The van der Waals surface area contributed by atoms with Crippen LogP contribution in [0.25, 0.3) is 0 Å². The third kappa shape index (κ3) is 6.01. The summed E-state index contributed by atoms with van der Waals surface area (Å²) in [6.07, 6.45) is 1.70. The lowest BCUT2D eigenvalue weighted by Crippen LogP contribution is -2.37. The first-order valence-electron chi connectivity index (χ1n) is 11.0. The molecule has 11 heteroatoms. The molecule has 1 aliphatic heterocycles. The Kier molecular flexibility index (Phi) is 7.23. The van der Waals surface area contributed by atoms with Gasteiger partial charge in [-0.25, -0.2) is 5.43 Å². The van der Waals surface area contributed by atoms with E-state index in [1.807, 2.05) is 17.0 Å². The highest BCUT2D eigenvalue weighted by molar-refractivity contribution is 5.80. The van der Waals surface area contributed by atoms with E-state index in [9.17, 15) is 10.1 Å². The van der Waals surface area contributed by atoms with Gasteiger partial charge in [0.25, 0.3) is 5.69 Å². The summed E-state index contributed by atoms with van der Waals surface area (Å²) in [5.41, 5.74) is 5.71. The maximum absolute atomic E-state index is 10.9. The van der Waals surface area contributed by atoms with Crippen molar-refractivity contribution in [2.45, 2.75) is 19.8 Å². The number of non-ortho nitro benzene ring substituents is 1. The second kappa shape index (κ2) is 10.7. The predicted octanol–water partition coefficient (Wildman–Crippen LogP) is 3.93. The van der Waals surface area contributed by atoms with E-state index in [1.165, 1.54) is 17.7 Å². The molecule has 2 heterocycles. The highest BCUT2D eigenvalue weighted by Crippen LogP contribution is 2.21. The smallest absolute Gasteiger partial charge is 0.269 e. The van der Waals surface area contributed by atoms with Gasteiger partial charge >= 0.3 is 0 Å². The lowest BCUT2D eigenvalue weighted by molar-refractivity contribution is -0.384. The maximum Gasteiger partial charge on any atom is 0.269 e. The highest BCUT2D eigenvalue weighted by Gasteiger charge is 2.17. The van der Waals surface area contributed by atoms with Gasteiger partial charge < -0.3 is 15.0 Å². The van der Waals surface area contributed by atoms with E-state index in [2.05, 4.69) is 56.8 Å². The average molecular weight is 463 g/mol. The standard InChI is InChI=1S/C23H26N8O3/c1-16(2)18-5-3-17(4-6-18)15-24-29-22-26-21(25-19-7-9-20(10-8-19)31(32)33)27-23(28-22)30-11-13-34-14-12-30/h3-10,15-16H,11-14H2,1-2H3,(H2,25,26,27,28,29). The molecule has 1 aliphatic rings. The third-order valence-corrected chi connectivity index (χ3v) is 5.23. The zero-order chi connectivity index (χ0) is 23.9. The van der Waals surface area contributed by atoms with E-state index in [1.54, 1.807) is 18.3 Å². The normalized spacial score (nSPS) is 13.9. The Hall–Kier alpha value is -4.12. The topological polar surface area (TPSA) is 131 Å². The van der Waals surface area contributed by atoms with Crippen LogP contribution < -0.4 is 15.6 Å². The van der Waals surface area contributed by atoms with E-state index in [0.29, 0.717) is 49.8 Å². The van der Waals surface area contributed by atoms with Gasteiger partial charge in [0.15, 0.2) is 0 Å². The van der Waals surface area contributed by atoms with Crippen molar-refractivity contribution in [3.8, 4) is 0 Å². The maximum atomic E-state index is 10.9. The van der Waals surface area contributed by atoms with Gasteiger partial charge in [-0.3, -0.25) is 10.1 Å². The molecule has 1 aromatic heterocycles. The number of hydrazone groups is 1. The Labute approximate surface area is 197 Å². The van der Waals surface area contributed by atoms with Gasteiger partial charge in [-0.15, -0.1) is 0 Å². The molecule has 176 valence electrons. The molecule has 4 rings (SSSR count). The molecule has 0 radical (unpaired) electrons. The van der Waals surface area contributed by atoms with Crippen LogP contribution in [-0.4, -0.2) is 52.4 Å². The molecule has 2 N–H and O–H groups in total. The summed E-state index contributed by atoms with van der Waals surface area (Å²) < 4.78 is 5.42. The van der Waals surface area contributed by atoms with Crippen molar-refractivity contribution in [3.05, 3.63) is 69.8 Å². The number of aromatic nitrogens is 3. The molecular formula is C23H26N8O3. The van der Waals surface area contributed by atoms with E-state index in [0.717, 1.165) is 5.56 Å². The molecule has 0 saturated carbocycles. The molecular weight excluding hydrogens is 436 g/mol. The number of anilines is 4. The zero-order valence-electron chi connectivity index (χ0n) is 19.0. The Morgan fingerprint density at radius 2 is 1.71 bits per heavy atom. The Bertz CT molecular complexity index is 1140. The summed E-state index contributed by atoms with van der Waals surface area (Å²) in [6, 6.07) is 14.2. The number of morpholine rings is 1. The number of nitrogens with one attached hydrogen (secondary N) is 2. The molecule has 0 amide bonds. The van der Waals surface area contributed by atoms with Crippen LogP contribution in [0.15, 0.2) is 53.6 Å². The molecule has 34 heavy (non-hydrogen) atoms. The van der Waals surface area contributed by atoms with Crippen LogP contribution in [0.1, 0.15) is 30.9 Å². The van der Waals surface area contributed by atoms with Crippen LogP contribution in [0, 0.1) is 10.1 Å². The van der Waals surface area contributed by atoms with Crippen LogP contribution in [0.2, 0.25) is 0 Å². The molecule has 0 aliphatic carbocycles. The van der Waals surface area contributed by atoms with Crippen LogP contribution in [-0.2, 0) is 4.74 Å². The number of nitro groups is 1. The summed E-state index contributed by atoms with van der Waals surface area (Å²) >= 11 is 0. The number of nitrogens with zero attached hydrogens (tertiary/aromatic N) is 6. The number of hydrogen-bond donors (Lipinski definition) is 2. The van der Waals surface area contributed by atoms with Crippen molar-refractivity contribution in [3.63, 3.8) is 0 Å². The lowest BCUT2D eigenvalue weighted by Gasteiger charge is -2.27. The van der Waals surface area contributed by atoms with Crippen LogP contribution >= 0.6 is 0 Å². The number of hydrogen-bond acceptors (Lipinski definition) is 10. The molecule has 3 aromatic rings. The fraction of sp³-hybridized carbons (Fsp3) is 0.304. The van der Waals surface area contributed by atoms with Gasteiger partial charge in [-0.05, 0) is 29.2 Å². The van der Waals surface area contributed by atoms with Crippen molar-refractivity contribution in [1.29, 1.82) is 0 Å². The van der Waals surface area contributed by atoms with Crippen LogP contribution in [0.3, 0.4) is 0 Å². The minimum Gasteiger partial charge on any atom is -0.378 e. The summed E-state index contributed by atoms with van der Waals surface area (Å²) in [5.74, 6) is 1.52. The Morgan fingerprint density at radius 1 is 1.03 bits per heavy atom. The molecule has 1 saturated heterocycles. The molecule has 1 fully saturated rings. The van der Waals surface area contributed by atoms with Crippen molar-refractivity contribution >= 4 is 35.4 Å². The van der Waals surface area contributed by atoms with Gasteiger partial charge in [-0.2, -0.15) is 20.1 Å². The summed E-state index contributed by atoms with van der Waals surface area (Å²) in [7, 11) is 0. The third-order valence-electron chi connectivity index (χ3n) is 5.23. The number of rotatable bonds is 8. The first kappa shape index (κ1) is 23.1. The van der Waals surface area contributed by atoms with Crippen LogP contribution in [0.4, 0.5) is 29.2 Å². The summed E-state index contributed by atoms with van der Waals surface area (Å²) in [5, 5.41) is 18.3. The molecule has 0 spiro atoms. The van der Waals surface area contributed by atoms with Crippen molar-refractivity contribution in [2.75, 3.05) is 41.9 Å². The van der Waals surface area contributed by atoms with E-state index in [-0.39, 0.29) is 11.6 Å². The van der Waals surface area contributed by atoms with E-state index >= 15 is 0 Å². The predicted molar refractivity (Wildman–Crippen MR) is 131 cm³/mol. The van der Waals surface area contributed by atoms with Gasteiger partial charge in [0.1, 0.15) is 0 Å². The van der Waals surface area contributed by atoms with Crippen molar-refractivity contribution in [2.24, 2.45) is 5.10 Å².